The molecular formula is C33H51NO5S. The Morgan fingerprint density at radius 1 is 1.00 bits per heavy atom. The maximum Gasteiger partial charge on any atom is 0.266 e. The molecule has 1 amide bonds. The Bertz CT molecular complexity index is 1140. The van der Waals surface area contributed by atoms with Crippen LogP contribution in [0, 0.1) is 46.3 Å². The lowest BCUT2D eigenvalue weighted by Gasteiger charge is -2.61. The molecule has 4 aliphatic carbocycles. The Kier molecular flexibility index (Phi) is 8.77. The van der Waals surface area contributed by atoms with E-state index in [1.165, 1.54) is 44.9 Å². The van der Waals surface area contributed by atoms with Crippen LogP contribution in [-0.2, 0) is 21.5 Å². The van der Waals surface area contributed by atoms with Gasteiger partial charge in [-0.2, -0.15) is 8.42 Å². The number of carbonyl (C=O) groups excluding carboxylic acids is 1. The highest BCUT2D eigenvalue weighted by atomic mass is 32.2. The van der Waals surface area contributed by atoms with Gasteiger partial charge in [-0.05, 0) is 116 Å². The van der Waals surface area contributed by atoms with E-state index in [1.54, 1.807) is 4.90 Å². The molecule has 4 fully saturated rings. The van der Waals surface area contributed by atoms with Crippen molar-refractivity contribution >= 4 is 16.0 Å². The van der Waals surface area contributed by atoms with Crippen LogP contribution in [-0.4, -0.2) is 47.3 Å². The summed E-state index contributed by atoms with van der Waals surface area (Å²) in [6.45, 7) is 7.79. The average molecular weight is 574 g/mol. The Morgan fingerprint density at radius 2 is 1.70 bits per heavy atom. The smallest absolute Gasteiger partial charge is 0.266 e. The number of nitrogens with zero attached hydrogens (tertiary/aromatic N) is 1. The standard InChI is InChI=1S/C33H51NO5S/c1-23(9-14-31(36)34(19-20-40(37,38)39)22-24-7-5-4-6-8-24)28-12-13-29-27-11-10-25-21-26(35)15-17-32(25,2)30(27)16-18-33(28,29)3/h4-8,23,25-30,35H,9-22H2,1-3H3,(H,37,38,39). The van der Waals surface area contributed by atoms with Gasteiger partial charge in [0.2, 0.25) is 5.91 Å². The van der Waals surface area contributed by atoms with Gasteiger partial charge in [-0.3, -0.25) is 9.35 Å². The molecule has 40 heavy (non-hydrogen) atoms. The first kappa shape index (κ1) is 30.0. The number of hydrogen-bond donors (Lipinski definition) is 2. The summed E-state index contributed by atoms with van der Waals surface area (Å²) in [5, 5.41) is 10.3. The average Bonchev–Trinajstić information content (AvgIpc) is 3.27. The van der Waals surface area contributed by atoms with Crippen molar-refractivity contribution in [1.29, 1.82) is 0 Å². The van der Waals surface area contributed by atoms with E-state index in [1.807, 2.05) is 30.3 Å². The van der Waals surface area contributed by atoms with Gasteiger partial charge in [-0.15, -0.1) is 0 Å². The zero-order valence-electron chi connectivity index (χ0n) is 24.8. The zero-order valence-corrected chi connectivity index (χ0v) is 25.6. The van der Waals surface area contributed by atoms with Crippen molar-refractivity contribution < 1.29 is 22.9 Å². The van der Waals surface area contributed by atoms with Crippen molar-refractivity contribution in [1.82, 2.24) is 4.90 Å². The molecule has 5 rings (SSSR count). The van der Waals surface area contributed by atoms with Gasteiger partial charge < -0.3 is 10.0 Å². The van der Waals surface area contributed by atoms with Crippen molar-refractivity contribution in [3.8, 4) is 0 Å². The summed E-state index contributed by atoms with van der Waals surface area (Å²) in [7, 11) is -4.14. The van der Waals surface area contributed by atoms with Gasteiger partial charge in [0.25, 0.3) is 10.1 Å². The van der Waals surface area contributed by atoms with Crippen LogP contribution in [0.2, 0.25) is 0 Å². The highest BCUT2D eigenvalue weighted by molar-refractivity contribution is 7.85. The first-order valence-corrected chi connectivity index (χ1v) is 17.5. The molecule has 0 saturated heterocycles. The van der Waals surface area contributed by atoms with Crippen LogP contribution in [0.15, 0.2) is 30.3 Å². The summed E-state index contributed by atoms with van der Waals surface area (Å²) in [6.07, 6.45) is 12.0. The Balaban J connectivity index is 1.22. The van der Waals surface area contributed by atoms with E-state index < -0.39 is 15.9 Å². The second-order valence-electron chi connectivity index (χ2n) is 14.4. The van der Waals surface area contributed by atoms with Crippen LogP contribution < -0.4 is 0 Å². The normalized spacial score (nSPS) is 38.1. The molecule has 9 atom stereocenters. The first-order chi connectivity index (χ1) is 18.9. The fourth-order valence-corrected chi connectivity index (χ4v) is 10.7. The highest BCUT2D eigenvalue weighted by Crippen LogP contribution is 2.68. The van der Waals surface area contributed by atoms with Gasteiger partial charge >= 0.3 is 0 Å². The van der Waals surface area contributed by atoms with Crippen molar-refractivity contribution in [3.63, 3.8) is 0 Å². The minimum atomic E-state index is -4.14. The fourth-order valence-electron chi connectivity index (χ4n) is 10.2. The molecule has 6 nitrogen and oxygen atoms in total. The number of carbonyl (C=O) groups is 1. The highest BCUT2D eigenvalue weighted by Gasteiger charge is 2.60. The molecule has 0 aromatic heterocycles. The molecule has 0 heterocycles. The SMILES string of the molecule is CC(CCC(=O)N(CCS(=O)(=O)O)Cc1ccccc1)C1CCC2C3CCC4CC(O)CCC4(C)C3CCC12C. The lowest BCUT2D eigenvalue weighted by atomic mass is 9.44. The molecule has 0 radical (unpaired) electrons. The second kappa shape index (κ2) is 11.7. The molecule has 7 heteroatoms. The van der Waals surface area contributed by atoms with E-state index in [0.717, 1.165) is 42.6 Å². The van der Waals surface area contributed by atoms with E-state index in [0.29, 0.717) is 41.5 Å². The molecular weight excluding hydrogens is 522 g/mol. The molecule has 2 N–H and O–H groups in total. The lowest BCUT2D eigenvalue weighted by molar-refractivity contribution is -0.133. The number of amides is 1. The first-order valence-electron chi connectivity index (χ1n) is 15.9. The molecule has 224 valence electrons. The number of hydrogen-bond acceptors (Lipinski definition) is 4. The monoisotopic (exact) mass is 573 g/mol. The molecule has 1 aromatic carbocycles. The maximum atomic E-state index is 13.4. The summed E-state index contributed by atoms with van der Waals surface area (Å²) in [4.78, 5) is 15.0. The van der Waals surface area contributed by atoms with Gasteiger partial charge in [0.15, 0.2) is 0 Å². The summed E-state index contributed by atoms with van der Waals surface area (Å²) < 4.78 is 32.2. The number of aliphatic hydroxyl groups is 1. The van der Waals surface area contributed by atoms with Crippen LogP contribution in [0.3, 0.4) is 0 Å². The third-order valence-corrected chi connectivity index (χ3v) is 13.1. The van der Waals surface area contributed by atoms with Gasteiger partial charge in [-0.25, -0.2) is 0 Å². The molecule has 9 unspecified atom stereocenters. The van der Waals surface area contributed by atoms with E-state index in [9.17, 15) is 22.9 Å². The largest absolute Gasteiger partial charge is 0.393 e. The quantitative estimate of drug-likeness (QED) is 0.336. The third-order valence-electron chi connectivity index (χ3n) is 12.4. The van der Waals surface area contributed by atoms with Crippen LogP contribution in [0.5, 0.6) is 0 Å². The topological polar surface area (TPSA) is 94.9 Å². The molecule has 0 bridgehead atoms. The van der Waals surface area contributed by atoms with Crippen LogP contribution >= 0.6 is 0 Å². The van der Waals surface area contributed by atoms with E-state index in [2.05, 4.69) is 20.8 Å². The predicted octanol–water partition coefficient (Wildman–Crippen LogP) is 6.34. The minimum Gasteiger partial charge on any atom is -0.393 e. The summed E-state index contributed by atoms with van der Waals surface area (Å²) in [5.74, 6) is 3.63. The number of benzene rings is 1. The minimum absolute atomic E-state index is 0.00399. The molecule has 0 aliphatic heterocycles. The molecule has 1 aromatic rings. The molecule has 0 spiro atoms. The van der Waals surface area contributed by atoms with Crippen molar-refractivity contribution in [3.05, 3.63) is 35.9 Å². The van der Waals surface area contributed by atoms with Gasteiger partial charge in [0.05, 0.1) is 11.9 Å². The second-order valence-corrected chi connectivity index (χ2v) is 16.0. The predicted molar refractivity (Wildman–Crippen MR) is 158 cm³/mol. The number of rotatable bonds is 9. The fraction of sp³-hybridized carbons (Fsp3) is 0.788. The van der Waals surface area contributed by atoms with Crippen molar-refractivity contribution in [2.75, 3.05) is 12.3 Å². The molecule has 4 aliphatic rings. The van der Waals surface area contributed by atoms with Crippen molar-refractivity contribution in [2.24, 2.45) is 46.3 Å². The summed E-state index contributed by atoms with van der Waals surface area (Å²) >= 11 is 0. The van der Waals surface area contributed by atoms with Crippen LogP contribution in [0.1, 0.15) is 97.0 Å². The van der Waals surface area contributed by atoms with E-state index in [-0.39, 0.29) is 18.6 Å². The zero-order chi connectivity index (χ0) is 28.7. The third kappa shape index (κ3) is 6.03. The van der Waals surface area contributed by atoms with Gasteiger partial charge in [0, 0.05) is 19.5 Å². The van der Waals surface area contributed by atoms with Crippen molar-refractivity contribution in [2.45, 2.75) is 104 Å². The molecule has 4 saturated carbocycles. The lowest BCUT2D eigenvalue weighted by Crippen LogP contribution is -2.54. The Labute approximate surface area is 242 Å². The summed E-state index contributed by atoms with van der Waals surface area (Å²) in [6, 6.07) is 9.63. The van der Waals surface area contributed by atoms with Crippen LogP contribution in [0.25, 0.3) is 0 Å². The van der Waals surface area contributed by atoms with E-state index >= 15 is 0 Å². The van der Waals surface area contributed by atoms with Gasteiger partial charge in [0.1, 0.15) is 0 Å². The van der Waals surface area contributed by atoms with Crippen LogP contribution in [0.4, 0.5) is 0 Å². The van der Waals surface area contributed by atoms with Gasteiger partial charge in [-0.1, -0.05) is 51.1 Å². The Morgan fingerprint density at radius 3 is 2.42 bits per heavy atom. The number of aliphatic hydroxyl groups excluding tert-OH is 1. The Hall–Kier alpha value is -1.44. The van der Waals surface area contributed by atoms with E-state index in [4.69, 9.17) is 0 Å². The number of fused-ring (bicyclic) bond motifs is 5. The summed E-state index contributed by atoms with van der Waals surface area (Å²) in [5.41, 5.74) is 1.68. The maximum absolute atomic E-state index is 13.4.